The van der Waals surface area contributed by atoms with Crippen LogP contribution >= 0.6 is 0 Å². The van der Waals surface area contributed by atoms with Crippen molar-refractivity contribution in [2.75, 3.05) is 11.5 Å². The number of hydrogen-bond donors (Lipinski definition) is 2. The average Bonchev–Trinajstić information content (AvgIpc) is 2.19. The van der Waals surface area contributed by atoms with Crippen molar-refractivity contribution in [1.82, 2.24) is 0 Å². The predicted molar refractivity (Wildman–Crippen MR) is 74.8 cm³/mol. The molecule has 2 nitrogen and oxygen atoms in total. The van der Waals surface area contributed by atoms with Crippen molar-refractivity contribution in [3.05, 3.63) is 23.8 Å². The molecule has 1 saturated carbocycles. The molecule has 2 rings (SSSR count). The van der Waals surface area contributed by atoms with E-state index in [2.05, 4.69) is 26.8 Å². The second kappa shape index (κ2) is 4.25. The molecule has 0 radical (unpaired) electrons. The smallest absolute Gasteiger partial charge is 0.0583 e. The largest absolute Gasteiger partial charge is 0.397 e. The molecular formula is C15H24N2. The van der Waals surface area contributed by atoms with Gasteiger partial charge < -0.3 is 11.5 Å². The maximum Gasteiger partial charge on any atom is 0.0583 e. The summed E-state index contributed by atoms with van der Waals surface area (Å²) in [4.78, 5) is 0. The first-order chi connectivity index (χ1) is 7.89. The van der Waals surface area contributed by atoms with Crippen molar-refractivity contribution >= 4 is 11.4 Å². The Bertz CT molecular complexity index is 409. The zero-order valence-electron chi connectivity index (χ0n) is 11.2. The van der Waals surface area contributed by atoms with Crippen LogP contribution in [-0.4, -0.2) is 0 Å². The molecule has 17 heavy (non-hydrogen) atoms. The van der Waals surface area contributed by atoms with Crippen LogP contribution in [0.4, 0.5) is 11.4 Å². The molecule has 4 N–H and O–H groups in total. The van der Waals surface area contributed by atoms with Gasteiger partial charge in [0.15, 0.2) is 0 Å². The molecule has 1 aliphatic rings. The van der Waals surface area contributed by atoms with E-state index in [1.165, 1.54) is 24.8 Å². The van der Waals surface area contributed by atoms with Crippen LogP contribution in [-0.2, 0) is 0 Å². The van der Waals surface area contributed by atoms with E-state index in [9.17, 15) is 0 Å². The monoisotopic (exact) mass is 232 g/mol. The fourth-order valence-corrected chi connectivity index (χ4v) is 3.54. The molecule has 0 bridgehead atoms. The number of benzene rings is 1. The molecule has 1 fully saturated rings. The van der Waals surface area contributed by atoms with E-state index in [0.717, 1.165) is 17.3 Å². The van der Waals surface area contributed by atoms with Crippen LogP contribution < -0.4 is 11.5 Å². The first kappa shape index (κ1) is 12.3. The third kappa shape index (κ3) is 2.56. The maximum atomic E-state index is 6.12. The second-order valence-corrected chi connectivity index (χ2v) is 6.46. The molecule has 1 aromatic rings. The first-order valence-electron chi connectivity index (χ1n) is 6.53. The lowest BCUT2D eigenvalue weighted by molar-refractivity contribution is 0.169. The molecule has 94 valence electrons. The van der Waals surface area contributed by atoms with Gasteiger partial charge in [-0.3, -0.25) is 0 Å². The van der Waals surface area contributed by atoms with Crippen molar-refractivity contribution in [1.29, 1.82) is 0 Å². The number of anilines is 2. The highest BCUT2D eigenvalue weighted by Crippen LogP contribution is 2.47. The van der Waals surface area contributed by atoms with Crippen molar-refractivity contribution in [2.24, 2.45) is 11.3 Å². The van der Waals surface area contributed by atoms with E-state index in [0.29, 0.717) is 11.3 Å². The Morgan fingerprint density at radius 1 is 1.18 bits per heavy atom. The van der Waals surface area contributed by atoms with E-state index in [-0.39, 0.29) is 0 Å². The lowest BCUT2D eigenvalue weighted by Gasteiger charge is -2.39. The van der Waals surface area contributed by atoms with Gasteiger partial charge in [0.05, 0.1) is 11.4 Å². The summed E-state index contributed by atoms with van der Waals surface area (Å²) in [6, 6.07) is 6.05. The minimum atomic E-state index is 0.416. The summed E-state index contributed by atoms with van der Waals surface area (Å²) in [5.41, 5.74) is 15.2. The van der Waals surface area contributed by atoms with Gasteiger partial charge in [-0.25, -0.2) is 0 Å². The first-order valence-corrected chi connectivity index (χ1v) is 6.53. The normalized spacial score (nSPS) is 27.9. The minimum absolute atomic E-state index is 0.416. The molecule has 0 spiro atoms. The number of para-hydroxylation sites is 1. The second-order valence-electron chi connectivity index (χ2n) is 6.46. The maximum absolute atomic E-state index is 6.12. The predicted octanol–water partition coefficient (Wildman–Crippen LogP) is 3.78. The van der Waals surface area contributed by atoms with Crippen LogP contribution in [0.25, 0.3) is 0 Å². The van der Waals surface area contributed by atoms with Gasteiger partial charge in [-0.15, -0.1) is 0 Å². The van der Waals surface area contributed by atoms with E-state index in [4.69, 9.17) is 11.5 Å². The zero-order chi connectivity index (χ0) is 12.6. The number of nitrogen functional groups attached to an aromatic ring is 2. The van der Waals surface area contributed by atoms with Gasteiger partial charge in [0, 0.05) is 0 Å². The third-order valence-electron chi connectivity index (χ3n) is 4.00. The standard InChI is InChI=1S/C15H24N2/c1-10-7-11(9-15(2,3)8-10)12-5-4-6-13(16)14(12)17/h4-6,10-11H,7-9,16-17H2,1-3H3/t10-,11-/m0/s1. The Balaban J connectivity index is 2.30. The van der Waals surface area contributed by atoms with Crippen LogP contribution in [0.5, 0.6) is 0 Å². The minimum Gasteiger partial charge on any atom is -0.397 e. The van der Waals surface area contributed by atoms with E-state index in [1.807, 2.05) is 12.1 Å². The van der Waals surface area contributed by atoms with E-state index >= 15 is 0 Å². The lowest BCUT2D eigenvalue weighted by Crippen LogP contribution is -2.27. The highest BCUT2D eigenvalue weighted by Gasteiger charge is 2.33. The topological polar surface area (TPSA) is 52.0 Å². The molecule has 0 aliphatic heterocycles. The third-order valence-corrected chi connectivity index (χ3v) is 4.00. The van der Waals surface area contributed by atoms with Gasteiger partial charge in [0.25, 0.3) is 0 Å². The zero-order valence-corrected chi connectivity index (χ0v) is 11.2. The summed E-state index contributed by atoms with van der Waals surface area (Å²) in [5, 5.41) is 0. The molecule has 2 atom stereocenters. The van der Waals surface area contributed by atoms with E-state index in [1.54, 1.807) is 0 Å². The number of nitrogens with two attached hydrogens (primary N) is 2. The Morgan fingerprint density at radius 2 is 1.88 bits per heavy atom. The van der Waals surface area contributed by atoms with Crippen LogP contribution in [0.2, 0.25) is 0 Å². The average molecular weight is 232 g/mol. The Kier molecular flexibility index (Phi) is 3.07. The van der Waals surface area contributed by atoms with Gasteiger partial charge in [0.2, 0.25) is 0 Å². The van der Waals surface area contributed by atoms with Gasteiger partial charge in [-0.2, -0.15) is 0 Å². The summed E-state index contributed by atoms with van der Waals surface area (Å²) in [6.45, 7) is 7.06. The number of hydrogen-bond acceptors (Lipinski definition) is 2. The van der Waals surface area contributed by atoms with Gasteiger partial charge in [0.1, 0.15) is 0 Å². The Labute approximate surface area is 104 Å². The molecule has 0 unspecified atom stereocenters. The van der Waals surface area contributed by atoms with Gasteiger partial charge in [-0.1, -0.05) is 32.9 Å². The molecule has 2 heteroatoms. The highest BCUT2D eigenvalue weighted by atomic mass is 14.7. The summed E-state index contributed by atoms with van der Waals surface area (Å²) < 4.78 is 0. The molecular weight excluding hydrogens is 208 g/mol. The Morgan fingerprint density at radius 3 is 2.53 bits per heavy atom. The summed E-state index contributed by atoms with van der Waals surface area (Å²) >= 11 is 0. The van der Waals surface area contributed by atoms with Gasteiger partial charge >= 0.3 is 0 Å². The molecule has 0 heterocycles. The molecule has 1 aromatic carbocycles. The highest BCUT2D eigenvalue weighted by molar-refractivity contribution is 5.68. The van der Waals surface area contributed by atoms with Crippen molar-refractivity contribution in [3.63, 3.8) is 0 Å². The summed E-state index contributed by atoms with van der Waals surface area (Å²) in [7, 11) is 0. The van der Waals surface area contributed by atoms with Crippen molar-refractivity contribution in [3.8, 4) is 0 Å². The summed E-state index contributed by atoms with van der Waals surface area (Å²) in [5.74, 6) is 1.34. The van der Waals surface area contributed by atoms with Crippen LogP contribution in [0.15, 0.2) is 18.2 Å². The molecule has 0 amide bonds. The number of rotatable bonds is 1. The quantitative estimate of drug-likeness (QED) is 0.724. The summed E-state index contributed by atoms with van der Waals surface area (Å²) in [6.07, 6.45) is 3.76. The van der Waals surface area contributed by atoms with Crippen LogP contribution in [0.1, 0.15) is 51.5 Å². The molecule has 0 saturated heterocycles. The fraction of sp³-hybridized carbons (Fsp3) is 0.600. The van der Waals surface area contributed by atoms with Crippen molar-refractivity contribution in [2.45, 2.75) is 46.0 Å². The van der Waals surface area contributed by atoms with Crippen LogP contribution in [0.3, 0.4) is 0 Å². The van der Waals surface area contributed by atoms with Gasteiger partial charge in [-0.05, 0) is 48.1 Å². The SMILES string of the molecule is C[C@H]1C[C@H](c2cccc(N)c2N)CC(C)(C)C1. The molecule has 0 aromatic heterocycles. The van der Waals surface area contributed by atoms with Crippen LogP contribution in [0, 0.1) is 11.3 Å². The van der Waals surface area contributed by atoms with E-state index < -0.39 is 0 Å². The molecule has 1 aliphatic carbocycles. The Hall–Kier alpha value is -1.18. The fourth-order valence-electron chi connectivity index (χ4n) is 3.54. The van der Waals surface area contributed by atoms with Crippen molar-refractivity contribution < 1.29 is 0 Å². The lowest BCUT2D eigenvalue weighted by atomic mass is 9.66.